The molecule has 0 bridgehead atoms. The van der Waals surface area contributed by atoms with Crippen molar-refractivity contribution in [1.29, 1.82) is 0 Å². The van der Waals surface area contributed by atoms with Crippen LogP contribution in [0, 0.1) is 11.3 Å². The summed E-state index contributed by atoms with van der Waals surface area (Å²) >= 11 is 0. The Morgan fingerprint density at radius 3 is 2.60 bits per heavy atom. The van der Waals surface area contributed by atoms with Crippen molar-refractivity contribution in [3.8, 4) is 0 Å². The number of carbonyl (C=O) groups excluding carboxylic acids is 1. The van der Waals surface area contributed by atoms with Crippen molar-refractivity contribution in [2.24, 2.45) is 11.3 Å². The molecule has 0 saturated carbocycles. The molecule has 1 aliphatic carbocycles. The summed E-state index contributed by atoms with van der Waals surface area (Å²) in [6.45, 7) is 10.6. The number of allylic oxidation sites excluding steroid dienone is 4. The average Bonchev–Trinajstić information content (AvgIpc) is 2.12. The predicted molar refractivity (Wildman–Crippen MR) is 64.7 cm³/mol. The highest BCUT2D eigenvalue weighted by atomic mass is 16.1. The monoisotopic (exact) mass is 206 g/mol. The van der Waals surface area contributed by atoms with Gasteiger partial charge in [-0.2, -0.15) is 0 Å². The molecule has 0 saturated heterocycles. The first-order valence-electron chi connectivity index (χ1n) is 5.78. The molecular formula is C14H22O. The maximum Gasteiger partial charge on any atom is 0.181 e. The molecule has 1 unspecified atom stereocenters. The van der Waals surface area contributed by atoms with E-state index < -0.39 is 0 Å². The minimum Gasteiger partial charge on any atom is -0.290 e. The molecule has 0 aromatic rings. The van der Waals surface area contributed by atoms with E-state index in [1.165, 1.54) is 12.0 Å². The highest BCUT2D eigenvalue weighted by molar-refractivity contribution is 6.05. The van der Waals surface area contributed by atoms with Crippen LogP contribution in [0.4, 0.5) is 0 Å². The summed E-state index contributed by atoms with van der Waals surface area (Å²) in [4.78, 5) is 12.0. The maximum absolute atomic E-state index is 12.0. The second-order valence-electron chi connectivity index (χ2n) is 5.18. The lowest BCUT2D eigenvalue weighted by Crippen LogP contribution is -2.32. The molecular weight excluding hydrogens is 184 g/mol. The average molecular weight is 206 g/mol. The smallest absolute Gasteiger partial charge is 0.181 e. The van der Waals surface area contributed by atoms with Crippen molar-refractivity contribution >= 4 is 5.78 Å². The summed E-state index contributed by atoms with van der Waals surface area (Å²) in [6.07, 6.45) is 5.80. The van der Waals surface area contributed by atoms with Crippen molar-refractivity contribution in [2.45, 2.75) is 47.5 Å². The lowest BCUT2D eigenvalue weighted by molar-refractivity contribution is -0.112. The molecule has 0 aromatic carbocycles. The second kappa shape index (κ2) is 4.34. The van der Waals surface area contributed by atoms with Crippen molar-refractivity contribution in [3.63, 3.8) is 0 Å². The summed E-state index contributed by atoms with van der Waals surface area (Å²) in [7, 11) is 0. The molecule has 1 heteroatoms. The van der Waals surface area contributed by atoms with E-state index in [1.54, 1.807) is 6.08 Å². The van der Waals surface area contributed by atoms with Gasteiger partial charge in [0.2, 0.25) is 0 Å². The molecule has 0 heterocycles. The molecule has 0 fully saturated rings. The van der Waals surface area contributed by atoms with E-state index >= 15 is 0 Å². The van der Waals surface area contributed by atoms with Gasteiger partial charge < -0.3 is 0 Å². The molecule has 84 valence electrons. The third-order valence-electron chi connectivity index (χ3n) is 3.82. The van der Waals surface area contributed by atoms with Gasteiger partial charge >= 0.3 is 0 Å². The molecule has 0 aromatic heterocycles. The first kappa shape index (κ1) is 12.2. The number of carbonyl (C=O) groups is 1. The van der Waals surface area contributed by atoms with Gasteiger partial charge in [-0.25, -0.2) is 0 Å². The van der Waals surface area contributed by atoms with Crippen molar-refractivity contribution in [3.05, 3.63) is 23.3 Å². The Balaban J connectivity index is 3.16. The third-order valence-corrected chi connectivity index (χ3v) is 3.82. The van der Waals surface area contributed by atoms with Crippen molar-refractivity contribution < 1.29 is 4.79 Å². The van der Waals surface area contributed by atoms with E-state index in [1.807, 2.05) is 13.0 Å². The van der Waals surface area contributed by atoms with Crippen LogP contribution >= 0.6 is 0 Å². The molecule has 1 nitrogen and oxygen atoms in total. The van der Waals surface area contributed by atoms with Crippen LogP contribution < -0.4 is 0 Å². The van der Waals surface area contributed by atoms with Crippen LogP contribution in [0.1, 0.15) is 47.5 Å². The van der Waals surface area contributed by atoms with Gasteiger partial charge in [0.05, 0.1) is 0 Å². The minimum absolute atomic E-state index is 0.0267. The highest BCUT2D eigenvalue weighted by Crippen LogP contribution is 2.44. The number of rotatable bonds is 2. The summed E-state index contributed by atoms with van der Waals surface area (Å²) in [6, 6.07) is 0. The summed E-state index contributed by atoms with van der Waals surface area (Å²) in [5.74, 6) is 0.789. The normalized spacial score (nSPS) is 26.1. The van der Waals surface area contributed by atoms with E-state index in [9.17, 15) is 4.79 Å². The zero-order chi connectivity index (χ0) is 11.6. The van der Waals surface area contributed by atoms with Crippen LogP contribution in [0.15, 0.2) is 23.3 Å². The Morgan fingerprint density at radius 2 is 2.07 bits per heavy atom. The molecule has 0 radical (unpaired) electrons. The van der Waals surface area contributed by atoms with Crippen LogP contribution in [-0.2, 0) is 4.79 Å². The predicted octanol–water partition coefficient (Wildman–Crippen LogP) is 3.90. The lowest BCUT2D eigenvalue weighted by atomic mass is 9.65. The number of hydrogen-bond donors (Lipinski definition) is 0. The van der Waals surface area contributed by atoms with E-state index in [0.29, 0.717) is 5.92 Å². The molecule has 0 amide bonds. The van der Waals surface area contributed by atoms with Crippen LogP contribution in [0.2, 0.25) is 0 Å². The van der Waals surface area contributed by atoms with Gasteiger partial charge in [-0.3, -0.25) is 4.79 Å². The lowest BCUT2D eigenvalue weighted by Gasteiger charge is -2.39. The molecule has 0 aliphatic heterocycles. The summed E-state index contributed by atoms with van der Waals surface area (Å²) in [5.41, 5.74) is 2.35. The third kappa shape index (κ3) is 2.22. The zero-order valence-corrected chi connectivity index (χ0v) is 10.6. The van der Waals surface area contributed by atoms with Gasteiger partial charge in [-0.1, -0.05) is 32.4 Å². The Bertz CT molecular complexity index is 318. The Hall–Kier alpha value is -0.850. The van der Waals surface area contributed by atoms with Gasteiger partial charge in [-0.15, -0.1) is 0 Å². The number of hydrogen-bond acceptors (Lipinski definition) is 1. The fraction of sp³-hybridized carbons (Fsp3) is 0.643. The van der Waals surface area contributed by atoms with Gasteiger partial charge in [0.15, 0.2) is 5.78 Å². The number of ketones is 1. The first-order valence-corrected chi connectivity index (χ1v) is 5.78. The first-order chi connectivity index (χ1) is 6.91. The topological polar surface area (TPSA) is 17.1 Å². The Labute approximate surface area is 93.3 Å². The maximum atomic E-state index is 12.0. The van der Waals surface area contributed by atoms with E-state index in [0.717, 1.165) is 12.0 Å². The SMILES string of the molecule is CC=CC(=O)C1=C(C)CCC(C)C1(C)C. The summed E-state index contributed by atoms with van der Waals surface area (Å²) < 4.78 is 0. The van der Waals surface area contributed by atoms with Crippen LogP contribution in [-0.4, -0.2) is 5.78 Å². The van der Waals surface area contributed by atoms with Crippen LogP contribution in [0.5, 0.6) is 0 Å². The summed E-state index contributed by atoms with van der Waals surface area (Å²) in [5, 5.41) is 0. The van der Waals surface area contributed by atoms with E-state index in [4.69, 9.17) is 0 Å². The Morgan fingerprint density at radius 1 is 1.47 bits per heavy atom. The largest absolute Gasteiger partial charge is 0.290 e. The zero-order valence-electron chi connectivity index (χ0n) is 10.6. The van der Waals surface area contributed by atoms with E-state index in [2.05, 4.69) is 27.7 Å². The molecule has 0 N–H and O–H groups in total. The fourth-order valence-corrected chi connectivity index (χ4v) is 2.48. The second-order valence-corrected chi connectivity index (χ2v) is 5.18. The van der Waals surface area contributed by atoms with Gasteiger partial charge in [0.25, 0.3) is 0 Å². The molecule has 15 heavy (non-hydrogen) atoms. The van der Waals surface area contributed by atoms with Crippen LogP contribution in [0.25, 0.3) is 0 Å². The quantitative estimate of drug-likeness (QED) is 0.626. The van der Waals surface area contributed by atoms with Crippen molar-refractivity contribution in [1.82, 2.24) is 0 Å². The van der Waals surface area contributed by atoms with Gasteiger partial charge in [-0.05, 0) is 44.1 Å². The molecule has 0 spiro atoms. The minimum atomic E-state index is 0.0267. The van der Waals surface area contributed by atoms with Gasteiger partial charge in [0.1, 0.15) is 0 Å². The standard InChI is InChI=1S/C14H22O/c1-6-7-12(15)13-10(2)8-9-11(3)14(13,4)5/h6-7,11H,8-9H2,1-5H3. The molecule has 1 rings (SSSR count). The van der Waals surface area contributed by atoms with Crippen LogP contribution in [0.3, 0.4) is 0 Å². The Kier molecular flexibility index (Phi) is 3.54. The van der Waals surface area contributed by atoms with E-state index in [-0.39, 0.29) is 11.2 Å². The molecule has 1 atom stereocenters. The highest BCUT2D eigenvalue weighted by Gasteiger charge is 2.37. The fourth-order valence-electron chi connectivity index (χ4n) is 2.48. The van der Waals surface area contributed by atoms with Gasteiger partial charge in [0, 0.05) is 5.57 Å². The molecule has 1 aliphatic rings. The van der Waals surface area contributed by atoms with Crippen molar-refractivity contribution in [2.75, 3.05) is 0 Å².